The van der Waals surface area contributed by atoms with Crippen molar-refractivity contribution >= 4 is 23.3 Å². The topological polar surface area (TPSA) is 128 Å². The van der Waals surface area contributed by atoms with Gasteiger partial charge >= 0.3 is 6.03 Å². The Morgan fingerprint density at radius 2 is 1.46 bits per heavy atom. The summed E-state index contributed by atoms with van der Waals surface area (Å²) in [4.78, 5) is 36.2. The summed E-state index contributed by atoms with van der Waals surface area (Å²) < 4.78 is 0. The number of ketones is 2. The lowest BCUT2D eigenvalue weighted by Crippen LogP contribution is -2.61. The summed E-state index contributed by atoms with van der Waals surface area (Å²) in [6, 6.07) is 11.1. The fourth-order valence-electron chi connectivity index (χ4n) is 2.37. The lowest BCUT2D eigenvalue weighted by atomic mass is 10.1. The second-order valence-electron chi connectivity index (χ2n) is 5.14. The van der Waals surface area contributed by atoms with Gasteiger partial charge in [0.15, 0.2) is 0 Å². The van der Waals surface area contributed by atoms with Crippen LogP contribution in [0.3, 0.4) is 0 Å². The highest BCUT2D eigenvalue weighted by atomic mass is 16.3. The average molecular weight is 327 g/mol. The molecule has 0 fully saturated rings. The number of amides is 2. The fraction of sp³-hybridized carbons (Fsp3) is 0.0625. The van der Waals surface area contributed by atoms with Gasteiger partial charge in [-0.3, -0.25) is 15.0 Å². The number of urea groups is 1. The van der Waals surface area contributed by atoms with E-state index < -0.39 is 23.3 Å². The maximum absolute atomic E-state index is 12.2. The number of benzene rings is 2. The number of anilines is 1. The first kappa shape index (κ1) is 15.7. The highest BCUT2D eigenvalue weighted by molar-refractivity contribution is 6.31. The van der Waals surface area contributed by atoms with Crippen LogP contribution in [0.15, 0.2) is 48.5 Å². The number of para-hydroxylation sites is 2. The number of aliphatic hydroxyl groups is 1. The third-order valence-corrected chi connectivity index (χ3v) is 3.58. The molecule has 1 aliphatic rings. The zero-order chi connectivity index (χ0) is 17.3. The summed E-state index contributed by atoms with van der Waals surface area (Å²) in [5, 5.41) is 22.2. The fourth-order valence-corrected chi connectivity index (χ4v) is 2.37. The van der Waals surface area contributed by atoms with Crippen molar-refractivity contribution in [1.82, 2.24) is 10.9 Å². The molecule has 0 bridgehead atoms. The van der Waals surface area contributed by atoms with Crippen LogP contribution in [0.5, 0.6) is 5.75 Å². The van der Waals surface area contributed by atoms with Crippen LogP contribution >= 0.6 is 0 Å². The second-order valence-corrected chi connectivity index (χ2v) is 5.14. The van der Waals surface area contributed by atoms with E-state index in [0.29, 0.717) is 0 Å². The Morgan fingerprint density at radius 1 is 0.917 bits per heavy atom. The van der Waals surface area contributed by atoms with Gasteiger partial charge in [0.05, 0.1) is 5.69 Å². The number of hydrogen-bond acceptors (Lipinski definition) is 6. The molecule has 2 aromatic rings. The molecule has 3 rings (SSSR count). The number of aromatic hydroxyl groups is 1. The van der Waals surface area contributed by atoms with Crippen molar-refractivity contribution in [2.45, 2.75) is 5.72 Å². The van der Waals surface area contributed by atoms with Crippen molar-refractivity contribution in [3.05, 3.63) is 59.7 Å². The van der Waals surface area contributed by atoms with Crippen LogP contribution in [-0.4, -0.2) is 33.5 Å². The first-order valence-electron chi connectivity index (χ1n) is 6.96. The van der Waals surface area contributed by atoms with Crippen LogP contribution in [0, 0.1) is 0 Å². The summed E-state index contributed by atoms with van der Waals surface area (Å²) in [6.45, 7) is 0. The molecule has 24 heavy (non-hydrogen) atoms. The molecule has 0 atom stereocenters. The molecule has 0 saturated carbocycles. The summed E-state index contributed by atoms with van der Waals surface area (Å²) in [5.41, 5.74) is 1.78. The van der Waals surface area contributed by atoms with Gasteiger partial charge in [-0.2, -0.15) is 5.43 Å². The second kappa shape index (κ2) is 5.76. The molecule has 1 aliphatic carbocycles. The number of carbonyl (C=O) groups is 3. The van der Waals surface area contributed by atoms with Crippen molar-refractivity contribution in [2.75, 3.05) is 5.32 Å². The van der Waals surface area contributed by atoms with Crippen LogP contribution in [-0.2, 0) is 0 Å². The van der Waals surface area contributed by atoms with Crippen LogP contribution in [0.1, 0.15) is 20.7 Å². The predicted molar refractivity (Wildman–Crippen MR) is 83.4 cm³/mol. The summed E-state index contributed by atoms with van der Waals surface area (Å²) >= 11 is 0. The SMILES string of the molecule is O=C(NNC1(O)C(=O)c2ccccc2C1=O)Nc1ccccc1O. The molecule has 0 heterocycles. The Labute approximate surface area is 136 Å². The summed E-state index contributed by atoms with van der Waals surface area (Å²) in [5.74, 6) is -1.87. The molecule has 8 nitrogen and oxygen atoms in total. The number of carbonyl (C=O) groups excluding carboxylic acids is 3. The van der Waals surface area contributed by atoms with Crippen LogP contribution < -0.4 is 16.2 Å². The van der Waals surface area contributed by atoms with E-state index in [1.165, 1.54) is 24.3 Å². The van der Waals surface area contributed by atoms with E-state index in [2.05, 4.69) is 10.7 Å². The molecule has 122 valence electrons. The van der Waals surface area contributed by atoms with Gasteiger partial charge in [-0.1, -0.05) is 36.4 Å². The highest BCUT2D eigenvalue weighted by Gasteiger charge is 2.52. The molecule has 5 N–H and O–H groups in total. The smallest absolute Gasteiger partial charge is 0.333 e. The molecule has 0 saturated heterocycles. The number of phenols is 1. The first-order chi connectivity index (χ1) is 11.4. The zero-order valence-corrected chi connectivity index (χ0v) is 12.2. The van der Waals surface area contributed by atoms with E-state index in [4.69, 9.17) is 0 Å². The molecule has 0 radical (unpaired) electrons. The van der Waals surface area contributed by atoms with E-state index in [1.54, 1.807) is 24.3 Å². The van der Waals surface area contributed by atoms with E-state index in [1.807, 2.05) is 5.43 Å². The molecule has 0 aromatic heterocycles. The lowest BCUT2D eigenvalue weighted by Gasteiger charge is -2.21. The van der Waals surface area contributed by atoms with Gasteiger partial charge in [-0.15, -0.1) is 0 Å². The maximum Gasteiger partial charge on any atom is 0.333 e. The number of hydrazine groups is 1. The van der Waals surface area contributed by atoms with Crippen molar-refractivity contribution in [3.8, 4) is 5.75 Å². The van der Waals surface area contributed by atoms with Crippen molar-refractivity contribution in [3.63, 3.8) is 0 Å². The number of nitrogens with one attached hydrogen (secondary N) is 3. The van der Waals surface area contributed by atoms with Crippen LogP contribution in [0.4, 0.5) is 10.5 Å². The van der Waals surface area contributed by atoms with Crippen molar-refractivity contribution < 1.29 is 24.6 Å². The third-order valence-electron chi connectivity index (χ3n) is 3.58. The average Bonchev–Trinajstić information content (AvgIpc) is 2.78. The minimum atomic E-state index is -2.57. The maximum atomic E-state index is 12.2. The lowest BCUT2D eigenvalue weighted by molar-refractivity contribution is 0.0158. The van der Waals surface area contributed by atoms with Gasteiger partial charge in [-0.05, 0) is 12.1 Å². The van der Waals surface area contributed by atoms with E-state index in [9.17, 15) is 24.6 Å². The number of Topliss-reactive ketones (excluding diaryl/α,β-unsaturated/α-hetero) is 2. The third kappa shape index (κ3) is 2.49. The molecular formula is C16H13N3O5. The standard InChI is InChI=1S/C16H13N3O5/c20-12-8-4-3-7-11(12)17-15(23)18-19-16(24)13(21)9-5-1-2-6-10(9)14(16)22/h1-8,19-20,24H,(H2,17,18,23). The molecule has 0 spiro atoms. The quantitative estimate of drug-likeness (QED) is 0.245. The zero-order valence-electron chi connectivity index (χ0n) is 12.2. The Kier molecular flexibility index (Phi) is 3.76. The molecular weight excluding hydrogens is 314 g/mol. The van der Waals surface area contributed by atoms with Gasteiger partial charge in [0.25, 0.3) is 5.72 Å². The Bertz CT molecular complexity index is 814. The van der Waals surface area contributed by atoms with Gasteiger partial charge < -0.3 is 15.5 Å². The van der Waals surface area contributed by atoms with Crippen molar-refractivity contribution in [1.29, 1.82) is 0 Å². The van der Waals surface area contributed by atoms with E-state index in [-0.39, 0.29) is 22.6 Å². The van der Waals surface area contributed by atoms with Crippen molar-refractivity contribution in [2.24, 2.45) is 0 Å². The number of fused-ring (bicyclic) bond motifs is 1. The van der Waals surface area contributed by atoms with E-state index >= 15 is 0 Å². The van der Waals surface area contributed by atoms with Gasteiger partial charge in [0.2, 0.25) is 11.6 Å². The Balaban J connectivity index is 1.71. The number of rotatable bonds is 3. The monoisotopic (exact) mass is 327 g/mol. The molecule has 2 amide bonds. The predicted octanol–water partition coefficient (Wildman–Crippen LogP) is 0.786. The Morgan fingerprint density at radius 3 is 2.04 bits per heavy atom. The van der Waals surface area contributed by atoms with Gasteiger partial charge in [-0.25, -0.2) is 4.79 Å². The molecule has 0 unspecified atom stereocenters. The molecule has 8 heteroatoms. The minimum absolute atomic E-state index is 0.0698. The van der Waals surface area contributed by atoms with Crippen LogP contribution in [0.2, 0.25) is 0 Å². The normalized spacial score (nSPS) is 15.0. The van der Waals surface area contributed by atoms with E-state index in [0.717, 1.165) is 0 Å². The first-order valence-corrected chi connectivity index (χ1v) is 6.96. The van der Waals surface area contributed by atoms with Gasteiger partial charge in [0, 0.05) is 11.1 Å². The largest absolute Gasteiger partial charge is 0.506 e. The Hall–Kier alpha value is -3.23. The molecule has 0 aliphatic heterocycles. The molecule has 2 aromatic carbocycles. The number of hydrogen-bond donors (Lipinski definition) is 5. The summed E-state index contributed by atoms with van der Waals surface area (Å²) in [7, 11) is 0. The number of phenolic OH excluding ortho intramolecular Hbond substituents is 1. The highest BCUT2D eigenvalue weighted by Crippen LogP contribution is 2.27. The summed E-state index contributed by atoms with van der Waals surface area (Å²) in [6.07, 6.45) is 0. The van der Waals surface area contributed by atoms with Crippen LogP contribution in [0.25, 0.3) is 0 Å². The minimum Gasteiger partial charge on any atom is -0.506 e. The van der Waals surface area contributed by atoms with Gasteiger partial charge in [0.1, 0.15) is 5.75 Å².